The number of non-ortho nitro benzene ring substituents is 1. The lowest BCUT2D eigenvalue weighted by atomic mass is 10.1. The molecule has 9 nitrogen and oxygen atoms in total. The van der Waals surface area contributed by atoms with Crippen LogP contribution in [0.3, 0.4) is 0 Å². The van der Waals surface area contributed by atoms with Crippen LogP contribution in [0.15, 0.2) is 48.5 Å². The molecule has 1 atom stereocenters. The van der Waals surface area contributed by atoms with Crippen LogP contribution in [-0.2, 0) is 11.3 Å². The third-order valence-electron chi connectivity index (χ3n) is 4.85. The van der Waals surface area contributed by atoms with E-state index in [1.807, 2.05) is 0 Å². The third kappa shape index (κ3) is 4.77. The Morgan fingerprint density at radius 3 is 2.57 bits per heavy atom. The van der Waals surface area contributed by atoms with Gasteiger partial charge < -0.3 is 10.2 Å². The first-order valence-electron chi connectivity index (χ1n) is 9.10. The second-order valence-corrected chi connectivity index (χ2v) is 7.73. The van der Waals surface area contributed by atoms with Gasteiger partial charge in [0.05, 0.1) is 23.3 Å². The molecule has 1 fully saturated rings. The fourth-order valence-electron chi connectivity index (χ4n) is 2.92. The van der Waals surface area contributed by atoms with Crippen molar-refractivity contribution in [1.82, 2.24) is 9.80 Å². The number of urea groups is 1. The van der Waals surface area contributed by atoms with Crippen LogP contribution in [0.1, 0.15) is 24.1 Å². The Labute approximate surface area is 177 Å². The number of amides is 4. The number of hydrogen-bond acceptors (Lipinski definition) is 6. The van der Waals surface area contributed by atoms with Crippen LogP contribution in [0.4, 0.5) is 21.0 Å². The minimum absolute atomic E-state index is 0.0305. The van der Waals surface area contributed by atoms with Crippen molar-refractivity contribution in [1.29, 1.82) is 0 Å². The summed E-state index contributed by atoms with van der Waals surface area (Å²) in [7, 11) is 1.61. The number of nitrogens with one attached hydrogen (secondary N) is 1. The van der Waals surface area contributed by atoms with Crippen molar-refractivity contribution in [3.8, 4) is 0 Å². The number of benzene rings is 2. The van der Waals surface area contributed by atoms with E-state index in [0.717, 1.165) is 17.3 Å². The molecule has 1 saturated heterocycles. The van der Waals surface area contributed by atoms with Gasteiger partial charge in [-0.1, -0.05) is 36.0 Å². The van der Waals surface area contributed by atoms with Crippen molar-refractivity contribution in [2.45, 2.75) is 19.5 Å². The molecule has 1 unspecified atom stereocenters. The molecule has 3 rings (SSSR count). The van der Waals surface area contributed by atoms with E-state index in [0.29, 0.717) is 11.3 Å². The highest BCUT2D eigenvalue weighted by Gasteiger charge is 2.29. The summed E-state index contributed by atoms with van der Waals surface area (Å²) < 4.78 is 0. The van der Waals surface area contributed by atoms with Gasteiger partial charge in [0, 0.05) is 24.9 Å². The molecular weight excluding hydrogens is 408 g/mol. The summed E-state index contributed by atoms with van der Waals surface area (Å²) in [5, 5.41) is 13.5. The van der Waals surface area contributed by atoms with Gasteiger partial charge in [-0.15, -0.1) is 0 Å². The van der Waals surface area contributed by atoms with E-state index < -0.39 is 4.92 Å². The lowest BCUT2D eigenvalue weighted by Gasteiger charge is -2.25. The molecule has 0 saturated carbocycles. The number of imide groups is 1. The van der Waals surface area contributed by atoms with E-state index in [-0.39, 0.29) is 41.2 Å². The van der Waals surface area contributed by atoms with Crippen LogP contribution in [0.25, 0.3) is 0 Å². The van der Waals surface area contributed by atoms with Gasteiger partial charge in [-0.2, -0.15) is 0 Å². The van der Waals surface area contributed by atoms with Gasteiger partial charge in [0.1, 0.15) is 0 Å². The number of hydrogen-bond donors (Lipinski definition) is 1. The second kappa shape index (κ2) is 8.95. The minimum atomic E-state index is -0.472. The first-order valence-corrected chi connectivity index (χ1v) is 10.1. The Bertz CT molecular complexity index is 979. The van der Waals surface area contributed by atoms with Crippen LogP contribution >= 0.6 is 11.8 Å². The molecule has 1 N–H and O–H groups in total. The molecule has 1 aliphatic heterocycles. The molecule has 2 aromatic rings. The lowest BCUT2D eigenvalue weighted by molar-refractivity contribution is -0.384. The van der Waals surface area contributed by atoms with Crippen molar-refractivity contribution >= 4 is 40.3 Å². The van der Waals surface area contributed by atoms with Gasteiger partial charge in [-0.3, -0.25) is 24.6 Å². The summed E-state index contributed by atoms with van der Waals surface area (Å²) in [5.41, 5.74) is 1.94. The predicted molar refractivity (Wildman–Crippen MR) is 113 cm³/mol. The van der Waals surface area contributed by atoms with Crippen molar-refractivity contribution in [3.63, 3.8) is 0 Å². The number of nitro benzene ring substituents is 1. The van der Waals surface area contributed by atoms with Crippen molar-refractivity contribution in [2.24, 2.45) is 0 Å². The maximum atomic E-state index is 12.6. The molecule has 0 aliphatic carbocycles. The summed E-state index contributed by atoms with van der Waals surface area (Å²) in [6.45, 7) is 1.98. The zero-order valence-electron chi connectivity index (χ0n) is 16.4. The zero-order valence-corrected chi connectivity index (χ0v) is 17.2. The molecule has 2 aromatic carbocycles. The van der Waals surface area contributed by atoms with Crippen LogP contribution in [0.5, 0.6) is 0 Å². The average molecular weight is 428 g/mol. The highest BCUT2D eigenvalue weighted by molar-refractivity contribution is 8.14. The largest absolute Gasteiger partial charge is 0.322 e. The molecule has 0 bridgehead atoms. The van der Waals surface area contributed by atoms with Gasteiger partial charge in [0.15, 0.2) is 0 Å². The molecule has 30 heavy (non-hydrogen) atoms. The van der Waals surface area contributed by atoms with Gasteiger partial charge in [0.2, 0.25) is 5.91 Å². The normalized spacial score (nSPS) is 14.5. The maximum Gasteiger partial charge on any atom is 0.322 e. The number of anilines is 1. The number of carbonyl (C=O) groups excluding carboxylic acids is 3. The zero-order chi connectivity index (χ0) is 21.8. The SMILES string of the molecule is CC(c1cccc([N+](=O)[O-])c1)N(C)C(=O)Nc1ccc(CN2C(=O)CSC2=O)cc1. The first kappa shape index (κ1) is 21.3. The van der Waals surface area contributed by atoms with Crippen LogP contribution in [0.2, 0.25) is 0 Å². The average Bonchev–Trinajstić information content (AvgIpc) is 3.06. The van der Waals surface area contributed by atoms with E-state index in [2.05, 4.69) is 5.32 Å². The van der Waals surface area contributed by atoms with Crippen molar-refractivity contribution < 1.29 is 19.3 Å². The smallest absolute Gasteiger partial charge is 0.321 e. The van der Waals surface area contributed by atoms with E-state index in [4.69, 9.17) is 0 Å². The fraction of sp³-hybridized carbons (Fsp3) is 0.250. The number of rotatable bonds is 6. The third-order valence-corrected chi connectivity index (χ3v) is 5.71. The Morgan fingerprint density at radius 2 is 1.97 bits per heavy atom. The monoisotopic (exact) mass is 428 g/mol. The Morgan fingerprint density at radius 1 is 1.27 bits per heavy atom. The van der Waals surface area contributed by atoms with Crippen molar-refractivity contribution in [2.75, 3.05) is 18.1 Å². The molecule has 1 heterocycles. The number of nitro groups is 1. The maximum absolute atomic E-state index is 12.6. The first-order chi connectivity index (χ1) is 14.3. The highest BCUT2D eigenvalue weighted by atomic mass is 32.2. The fourth-order valence-corrected chi connectivity index (χ4v) is 3.64. The Kier molecular flexibility index (Phi) is 6.36. The molecule has 156 valence electrons. The lowest BCUT2D eigenvalue weighted by Crippen LogP contribution is -2.33. The van der Waals surface area contributed by atoms with Crippen LogP contribution < -0.4 is 5.32 Å². The molecular formula is C20H20N4O5S. The van der Waals surface area contributed by atoms with E-state index in [9.17, 15) is 24.5 Å². The number of carbonyl (C=O) groups is 3. The summed E-state index contributed by atoms with van der Waals surface area (Å²) in [4.78, 5) is 49.1. The molecule has 4 amide bonds. The van der Waals surface area contributed by atoms with E-state index in [1.54, 1.807) is 50.4 Å². The number of nitrogens with zero attached hydrogens (tertiary/aromatic N) is 3. The Hall–Kier alpha value is -3.40. The molecule has 10 heteroatoms. The molecule has 1 aliphatic rings. The molecule has 0 radical (unpaired) electrons. The second-order valence-electron chi connectivity index (χ2n) is 6.80. The van der Waals surface area contributed by atoms with Gasteiger partial charge in [0.25, 0.3) is 10.9 Å². The number of thioether (sulfide) groups is 1. The summed E-state index contributed by atoms with van der Waals surface area (Å²) >= 11 is 0.988. The van der Waals surface area contributed by atoms with Crippen LogP contribution in [0, 0.1) is 10.1 Å². The quantitative estimate of drug-likeness (QED) is 0.549. The van der Waals surface area contributed by atoms with Crippen LogP contribution in [-0.4, -0.2) is 44.7 Å². The summed E-state index contributed by atoms with van der Waals surface area (Å²) in [6, 6.07) is 12.3. The van der Waals surface area contributed by atoms with Gasteiger partial charge >= 0.3 is 6.03 Å². The van der Waals surface area contributed by atoms with E-state index in [1.165, 1.54) is 21.9 Å². The molecule has 0 spiro atoms. The standard InChI is InChI=1S/C20H20N4O5S/c1-13(15-4-3-5-17(10-15)24(28)29)22(2)19(26)21-16-8-6-14(7-9-16)11-23-18(25)12-30-20(23)27/h3-10,13H,11-12H2,1-2H3,(H,21,26). The highest BCUT2D eigenvalue weighted by Crippen LogP contribution is 2.24. The minimum Gasteiger partial charge on any atom is -0.321 e. The summed E-state index contributed by atoms with van der Waals surface area (Å²) in [6.07, 6.45) is 0. The van der Waals surface area contributed by atoms with E-state index >= 15 is 0 Å². The molecule has 0 aromatic heterocycles. The predicted octanol–water partition coefficient (Wildman–Crippen LogP) is 4.02. The van der Waals surface area contributed by atoms with Gasteiger partial charge in [-0.25, -0.2) is 4.79 Å². The topological polar surface area (TPSA) is 113 Å². The Balaban J connectivity index is 1.62. The van der Waals surface area contributed by atoms with Gasteiger partial charge in [-0.05, 0) is 30.2 Å². The summed E-state index contributed by atoms with van der Waals surface area (Å²) in [5.74, 6) is -0.0404. The van der Waals surface area contributed by atoms with Crippen molar-refractivity contribution in [3.05, 3.63) is 69.8 Å².